The van der Waals surface area contributed by atoms with E-state index in [2.05, 4.69) is 0 Å². The second-order valence-corrected chi connectivity index (χ2v) is 3.73. The van der Waals surface area contributed by atoms with Gasteiger partial charge >= 0.3 is 6.03 Å². The van der Waals surface area contributed by atoms with Crippen molar-refractivity contribution in [3.8, 4) is 11.5 Å². The molecule has 0 spiro atoms. The first-order valence-corrected chi connectivity index (χ1v) is 5.57. The van der Waals surface area contributed by atoms with E-state index in [0.29, 0.717) is 23.6 Å². The summed E-state index contributed by atoms with van der Waals surface area (Å²) in [6.07, 6.45) is 0.365. The van der Waals surface area contributed by atoms with Crippen LogP contribution in [0.2, 0.25) is 0 Å². The zero-order chi connectivity index (χ0) is 13.7. The Hall–Kier alpha value is -2.82. The van der Waals surface area contributed by atoms with Gasteiger partial charge < -0.3 is 10.5 Å². The smallest absolute Gasteiger partial charge is 0.325 e. The number of anilines is 1. The highest BCUT2D eigenvalue weighted by Crippen LogP contribution is 2.25. The van der Waals surface area contributed by atoms with E-state index in [0.717, 1.165) is 4.90 Å². The molecular formula is C14H12N2O3. The highest BCUT2D eigenvalue weighted by Gasteiger charge is 2.11. The van der Waals surface area contributed by atoms with E-state index in [9.17, 15) is 9.59 Å². The van der Waals surface area contributed by atoms with E-state index in [1.165, 1.54) is 0 Å². The molecule has 0 unspecified atom stereocenters. The fourth-order valence-electron chi connectivity index (χ4n) is 1.56. The minimum Gasteiger partial charge on any atom is -0.457 e. The van der Waals surface area contributed by atoms with E-state index >= 15 is 0 Å². The topological polar surface area (TPSA) is 72.6 Å². The number of urea groups is 1. The lowest BCUT2D eigenvalue weighted by Crippen LogP contribution is -2.34. The predicted octanol–water partition coefficient (Wildman–Crippen LogP) is 2.52. The monoisotopic (exact) mass is 256 g/mol. The van der Waals surface area contributed by atoms with E-state index in [-0.39, 0.29) is 0 Å². The number of para-hydroxylation sites is 1. The third-order valence-electron chi connectivity index (χ3n) is 2.42. The number of hydrogen-bond acceptors (Lipinski definition) is 3. The third-order valence-corrected chi connectivity index (χ3v) is 2.42. The van der Waals surface area contributed by atoms with Crippen molar-refractivity contribution in [1.82, 2.24) is 0 Å². The van der Waals surface area contributed by atoms with Crippen LogP contribution >= 0.6 is 0 Å². The maximum Gasteiger partial charge on any atom is 0.325 e. The summed E-state index contributed by atoms with van der Waals surface area (Å²) < 4.78 is 5.60. The summed E-state index contributed by atoms with van der Waals surface area (Å²) in [5.74, 6) is 1.17. The van der Waals surface area contributed by atoms with Crippen LogP contribution in [0.1, 0.15) is 0 Å². The van der Waals surface area contributed by atoms with Gasteiger partial charge in [0.05, 0.1) is 5.69 Å². The van der Waals surface area contributed by atoms with Gasteiger partial charge in [0.2, 0.25) is 6.41 Å². The number of benzene rings is 2. The molecule has 5 nitrogen and oxygen atoms in total. The standard InChI is InChI=1S/C14H12N2O3/c15-14(18)16(10-17)11-5-4-8-13(9-11)19-12-6-2-1-3-7-12/h1-10H,(H2,15,18). The quantitative estimate of drug-likeness (QED) is 0.854. The molecule has 0 saturated heterocycles. The number of carbonyl (C=O) groups excluding carboxylic acids is 2. The van der Waals surface area contributed by atoms with Gasteiger partial charge in [0, 0.05) is 6.07 Å². The molecule has 2 N–H and O–H groups in total. The number of carbonyl (C=O) groups is 2. The van der Waals surface area contributed by atoms with Crippen LogP contribution in [0.25, 0.3) is 0 Å². The molecule has 0 aliphatic rings. The number of hydrogen-bond donors (Lipinski definition) is 1. The second-order valence-electron chi connectivity index (χ2n) is 3.73. The number of ether oxygens (including phenoxy) is 1. The molecule has 0 bridgehead atoms. The molecule has 5 heteroatoms. The molecule has 2 rings (SSSR count). The van der Waals surface area contributed by atoms with Crippen LogP contribution in [-0.4, -0.2) is 12.4 Å². The molecule has 0 fully saturated rings. The predicted molar refractivity (Wildman–Crippen MR) is 71.1 cm³/mol. The lowest BCUT2D eigenvalue weighted by atomic mass is 10.3. The Morgan fingerprint density at radius 3 is 2.37 bits per heavy atom. The summed E-state index contributed by atoms with van der Waals surface area (Å²) in [6.45, 7) is 0. The van der Waals surface area contributed by atoms with Crippen molar-refractivity contribution >= 4 is 18.1 Å². The van der Waals surface area contributed by atoms with Crippen LogP contribution < -0.4 is 15.4 Å². The summed E-state index contributed by atoms with van der Waals surface area (Å²) >= 11 is 0. The van der Waals surface area contributed by atoms with Gasteiger partial charge in [-0.2, -0.15) is 0 Å². The number of amides is 3. The van der Waals surface area contributed by atoms with E-state index in [1.807, 2.05) is 18.2 Å². The Bertz CT molecular complexity index is 584. The lowest BCUT2D eigenvalue weighted by Gasteiger charge is -2.13. The largest absolute Gasteiger partial charge is 0.457 e. The fraction of sp³-hybridized carbons (Fsp3) is 0. The van der Waals surface area contributed by atoms with Crippen LogP contribution in [-0.2, 0) is 4.79 Å². The molecule has 0 aliphatic carbocycles. The summed E-state index contributed by atoms with van der Waals surface area (Å²) in [5, 5.41) is 0. The van der Waals surface area contributed by atoms with Crippen molar-refractivity contribution in [2.24, 2.45) is 5.73 Å². The molecule has 2 aromatic carbocycles. The summed E-state index contributed by atoms with van der Waals surface area (Å²) in [6, 6.07) is 14.9. The first-order chi connectivity index (χ1) is 9.20. The van der Waals surface area contributed by atoms with Crippen molar-refractivity contribution in [1.29, 1.82) is 0 Å². The Balaban J connectivity index is 2.24. The molecule has 0 heterocycles. The summed E-state index contributed by atoms with van der Waals surface area (Å²) in [4.78, 5) is 22.7. The number of nitrogens with two attached hydrogens (primary N) is 1. The summed E-state index contributed by atoms with van der Waals surface area (Å²) in [5.41, 5.74) is 5.45. The van der Waals surface area contributed by atoms with Crippen LogP contribution in [0, 0.1) is 0 Å². The molecule has 0 radical (unpaired) electrons. The average Bonchev–Trinajstić information content (AvgIpc) is 2.41. The molecule has 0 saturated carbocycles. The van der Waals surface area contributed by atoms with Gasteiger partial charge in [-0.05, 0) is 24.3 Å². The van der Waals surface area contributed by atoms with Crippen molar-refractivity contribution in [3.63, 3.8) is 0 Å². The Kier molecular flexibility index (Phi) is 3.78. The minimum absolute atomic E-state index is 0.357. The highest BCUT2D eigenvalue weighted by atomic mass is 16.5. The van der Waals surface area contributed by atoms with Crippen molar-refractivity contribution in [2.75, 3.05) is 4.90 Å². The van der Waals surface area contributed by atoms with Gasteiger partial charge in [-0.1, -0.05) is 24.3 Å². The molecule has 0 aliphatic heterocycles. The van der Waals surface area contributed by atoms with E-state index in [4.69, 9.17) is 10.5 Å². The first-order valence-electron chi connectivity index (χ1n) is 5.57. The fourth-order valence-corrected chi connectivity index (χ4v) is 1.56. The van der Waals surface area contributed by atoms with Gasteiger partial charge in [-0.15, -0.1) is 0 Å². The molecule has 0 atom stereocenters. The second kappa shape index (κ2) is 5.68. The van der Waals surface area contributed by atoms with E-state index in [1.54, 1.807) is 36.4 Å². The number of imide groups is 1. The van der Waals surface area contributed by atoms with Crippen LogP contribution in [0.4, 0.5) is 10.5 Å². The SMILES string of the molecule is NC(=O)N(C=O)c1cccc(Oc2ccccc2)c1. The number of rotatable bonds is 4. The van der Waals surface area contributed by atoms with Gasteiger partial charge in [0.15, 0.2) is 0 Å². The third kappa shape index (κ3) is 3.10. The van der Waals surface area contributed by atoms with Crippen LogP contribution in [0.3, 0.4) is 0 Å². The Morgan fingerprint density at radius 2 is 1.74 bits per heavy atom. The Morgan fingerprint density at radius 1 is 1.05 bits per heavy atom. The zero-order valence-corrected chi connectivity index (χ0v) is 10.0. The summed E-state index contributed by atoms with van der Waals surface area (Å²) in [7, 11) is 0. The maximum absolute atomic E-state index is 11.1. The zero-order valence-electron chi connectivity index (χ0n) is 10.0. The minimum atomic E-state index is -0.841. The molecule has 96 valence electrons. The first kappa shape index (κ1) is 12.6. The number of primary amides is 1. The average molecular weight is 256 g/mol. The van der Waals surface area contributed by atoms with E-state index < -0.39 is 6.03 Å². The normalized spacial score (nSPS) is 9.68. The molecular weight excluding hydrogens is 244 g/mol. The highest BCUT2D eigenvalue weighted by molar-refractivity contribution is 6.05. The van der Waals surface area contributed by atoms with Gasteiger partial charge in [-0.3, -0.25) is 4.79 Å². The van der Waals surface area contributed by atoms with Gasteiger partial charge in [0.25, 0.3) is 0 Å². The molecule has 3 amide bonds. The van der Waals surface area contributed by atoms with Crippen molar-refractivity contribution in [2.45, 2.75) is 0 Å². The van der Waals surface area contributed by atoms with Crippen LogP contribution in [0.5, 0.6) is 11.5 Å². The maximum atomic E-state index is 11.1. The number of nitrogens with zero attached hydrogens (tertiary/aromatic N) is 1. The van der Waals surface area contributed by atoms with Crippen molar-refractivity contribution < 1.29 is 14.3 Å². The van der Waals surface area contributed by atoms with Crippen molar-refractivity contribution in [3.05, 3.63) is 54.6 Å². The Labute approximate surface area is 110 Å². The molecule has 2 aromatic rings. The molecule has 0 aromatic heterocycles. The van der Waals surface area contributed by atoms with Gasteiger partial charge in [0.1, 0.15) is 11.5 Å². The lowest BCUT2D eigenvalue weighted by molar-refractivity contribution is -0.106. The molecule has 19 heavy (non-hydrogen) atoms. The van der Waals surface area contributed by atoms with Gasteiger partial charge in [-0.25, -0.2) is 9.69 Å². The van der Waals surface area contributed by atoms with Crippen LogP contribution in [0.15, 0.2) is 54.6 Å².